The van der Waals surface area contributed by atoms with Gasteiger partial charge in [-0.25, -0.2) is 5.43 Å². The molecule has 2 amide bonds. The normalized spacial score (nSPS) is 10.7. The van der Waals surface area contributed by atoms with Gasteiger partial charge < -0.3 is 5.32 Å². The molecule has 0 spiro atoms. The van der Waals surface area contributed by atoms with Crippen LogP contribution in [0.1, 0.15) is 37.4 Å². The second-order valence-electron chi connectivity index (χ2n) is 6.62. The summed E-state index contributed by atoms with van der Waals surface area (Å²) in [6, 6.07) is 20.1. The Morgan fingerprint density at radius 3 is 2.14 bits per heavy atom. The van der Waals surface area contributed by atoms with Crippen molar-refractivity contribution in [3.63, 3.8) is 0 Å². The minimum Gasteiger partial charge on any atom is -0.321 e. The van der Waals surface area contributed by atoms with E-state index >= 15 is 0 Å². The maximum absolute atomic E-state index is 12.6. The predicted octanol–water partition coefficient (Wildman–Crippen LogP) is 5.08. The molecule has 3 rings (SSSR count). The lowest BCUT2D eigenvalue weighted by molar-refractivity contribution is 0.0956. The summed E-state index contributed by atoms with van der Waals surface area (Å²) in [7, 11) is 0. The number of carbonyl (C=O) groups is 2. The van der Waals surface area contributed by atoms with E-state index in [1.807, 2.05) is 50.2 Å². The maximum atomic E-state index is 12.6. The van der Waals surface area contributed by atoms with Crippen molar-refractivity contribution in [1.82, 2.24) is 5.43 Å². The fourth-order valence-corrected chi connectivity index (χ4v) is 2.95. The van der Waals surface area contributed by atoms with E-state index in [1.54, 1.807) is 36.5 Å². The number of hydrogen-bond donors (Lipinski definition) is 2. The lowest BCUT2D eigenvalue weighted by Gasteiger charge is -2.11. The molecule has 0 aliphatic heterocycles. The van der Waals surface area contributed by atoms with Crippen molar-refractivity contribution >= 4 is 39.6 Å². The van der Waals surface area contributed by atoms with Crippen molar-refractivity contribution in [2.45, 2.75) is 13.8 Å². The van der Waals surface area contributed by atoms with Gasteiger partial charge in [0, 0.05) is 10.0 Å². The Balaban J connectivity index is 1.75. The largest absolute Gasteiger partial charge is 0.321 e. The van der Waals surface area contributed by atoms with E-state index in [2.05, 4.69) is 31.8 Å². The molecule has 0 bridgehead atoms. The predicted molar refractivity (Wildman–Crippen MR) is 120 cm³/mol. The lowest BCUT2D eigenvalue weighted by atomic mass is 10.1. The Hall–Kier alpha value is -3.25. The van der Waals surface area contributed by atoms with E-state index in [9.17, 15) is 9.59 Å². The molecule has 0 radical (unpaired) electrons. The first-order valence-corrected chi connectivity index (χ1v) is 9.79. The summed E-state index contributed by atoms with van der Waals surface area (Å²) in [6.45, 7) is 3.96. The van der Waals surface area contributed by atoms with Crippen LogP contribution < -0.4 is 10.7 Å². The average Bonchev–Trinajstić information content (AvgIpc) is 2.71. The molecule has 2 N–H and O–H groups in total. The Morgan fingerprint density at radius 1 is 0.862 bits per heavy atom. The van der Waals surface area contributed by atoms with Crippen LogP contribution in [-0.4, -0.2) is 18.0 Å². The van der Waals surface area contributed by atoms with Gasteiger partial charge in [0.1, 0.15) is 0 Å². The molecule has 0 saturated heterocycles. The van der Waals surface area contributed by atoms with Gasteiger partial charge in [0.05, 0.1) is 17.5 Å². The Bertz CT molecular complexity index is 1060. The van der Waals surface area contributed by atoms with Crippen LogP contribution in [0.2, 0.25) is 0 Å². The zero-order valence-corrected chi connectivity index (χ0v) is 17.7. The fourth-order valence-electron chi connectivity index (χ4n) is 2.59. The number of nitrogens with one attached hydrogen (secondary N) is 2. The van der Waals surface area contributed by atoms with Crippen molar-refractivity contribution in [2.24, 2.45) is 5.10 Å². The first-order valence-electron chi connectivity index (χ1n) is 9.00. The van der Waals surface area contributed by atoms with Gasteiger partial charge in [-0.05, 0) is 49.7 Å². The number of benzene rings is 3. The number of amides is 2. The molecular weight excluding hydrogens is 430 g/mol. The van der Waals surface area contributed by atoms with Gasteiger partial charge in [0.25, 0.3) is 11.8 Å². The van der Waals surface area contributed by atoms with Gasteiger partial charge in [-0.1, -0.05) is 63.5 Å². The molecule has 0 aliphatic carbocycles. The van der Waals surface area contributed by atoms with Crippen LogP contribution in [0.15, 0.2) is 76.3 Å². The Labute approximate surface area is 178 Å². The van der Waals surface area contributed by atoms with Crippen LogP contribution in [-0.2, 0) is 0 Å². The quantitative estimate of drug-likeness (QED) is 0.420. The van der Waals surface area contributed by atoms with Crippen molar-refractivity contribution in [1.29, 1.82) is 0 Å². The number of halogens is 1. The highest BCUT2D eigenvalue weighted by Crippen LogP contribution is 2.22. The standard InChI is InChI=1S/C23H20BrN3O2/c1-15-3-7-17(8-4-15)14-25-27-23(29)20-13-19(24)11-12-21(20)26-22(28)18-9-5-16(2)6-10-18/h3-14H,1-2H3,(H,26,28)(H,27,29). The SMILES string of the molecule is Cc1ccc(C=NNC(=O)c2cc(Br)ccc2NC(=O)c2ccc(C)cc2)cc1. The van der Waals surface area contributed by atoms with Gasteiger partial charge in [-0.15, -0.1) is 0 Å². The van der Waals surface area contributed by atoms with E-state index in [-0.39, 0.29) is 5.91 Å². The third-order valence-corrected chi connectivity index (χ3v) is 4.74. The second-order valence-corrected chi connectivity index (χ2v) is 7.54. The highest BCUT2D eigenvalue weighted by molar-refractivity contribution is 9.10. The van der Waals surface area contributed by atoms with Crippen molar-refractivity contribution in [2.75, 3.05) is 5.32 Å². The minimum absolute atomic E-state index is 0.287. The van der Waals surface area contributed by atoms with Gasteiger partial charge in [-0.3, -0.25) is 9.59 Å². The Kier molecular flexibility index (Phi) is 6.57. The summed E-state index contributed by atoms with van der Waals surface area (Å²) in [4.78, 5) is 25.2. The highest BCUT2D eigenvalue weighted by Gasteiger charge is 2.15. The molecule has 0 atom stereocenters. The monoisotopic (exact) mass is 449 g/mol. The summed E-state index contributed by atoms with van der Waals surface area (Å²) in [5.74, 6) is -0.710. The molecule has 29 heavy (non-hydrogen) atoms. The van der Waals surface area contributed by atoms with Crippen LogP contribution in [0.5, 0.6) is 0 Å². The summed E-state index contributed by atoms with van der Waals surface area (Å²) in [5, 5.41) is 6.81. The molecule has 146 valence electrons. The van der Waals surface area contributed by atoms with Crippen LogP contribution in [0.3, 0.4) is 0 Å². The number of nitrogens with zero attached hydrogens (tertiary/aromatic N) is 1. The number of hydrogen-bond acceptors (Lipinski definition) is 3. The summed E-state index contributed by atoms with van der Waals surface area (Å²) in [5.41, 5.74) is 6.82. The van der Waals surface area contributed by atoms with Crippen LogP contribution in [0.25, 0.3) is 0 Å². The number of hydrazone groups is 1. The second kappa shape index (κ2) is 9.30. The van der Waals surface area contributed by atoms with Gasteiger partial charge >= 0.3 is 0 Å². The van der Waals surface area contributed by atoms with E-state index in [1.165, 1.54) is 0 Å². The number of aryl methyl sites for hydroxylation is 2. The van der Waals surface area contributed by atoms with Crippen molar-refractivity contribution < 1.29 is 9.59 Å². The number of carbonyl (C=O) groups excluding carboxylic acids is 2. The zero-order chi connectivity index (χ0) is 20.8. The van der Waals surface area contributed by atoms with E-state index in [0.29, 0.717) is 16.8 Å². The molecule has 0 aromatic heterocycles. The van der Waals surface area contributed by atoms with E-state index in [0.717, 1.165) is 21.2 Å². The molecule has 3 aromatic rings. The van der Waals surface area contributed by atoms with Gasteiger partial charge in [0.2, 0.25) is 0 Å². The highest BCUT2D eigenvalue weighted by atomic mass is 79.9. The average molecular weight is 450 g/mol. The molecule has 0 fully saturated rings. The van der Waals surface area contributed by atoms with E-state index in [4.69, 9.17) is 0 Å². The van der Waals surface area contributed by atoms with E-state index < -0.39 is 5.91 Å². The number of rotatable bonds is 5. The molecule has 0 heterocycles. The first-order chi connectivity index (χ1) is 13.9. The minimum atomic E-state index is -0.422. The lowest BCUT2D eigenvalue weighted by Crippen LogP contribution is -2.21. The van der Waals surface area contributed by atoms with Crippen LogP contribution in [0, 0.1) is 13.8 Å². The molecule has 3 aromatic carbocycles. The topological polar surface area (TPSA) is 70.6 Å². The summed E-state index contributed by atoms with van der Waals surface area (Å²) < 4.78 is 0.721. The van der Waals surface area contributed by atoms with Crippen LogP contribution in [0.4, 0.5) is 5.69 Å². The van der Waals surface area contributed by atoms with Crippen LogP contribution >= 0.6 is 15.9 Å². The molecule has 0 saturated carbocycles. The molecular formula is C23H20BrN3O2. The number of anilines is 1. The molecule has 5 nitrogen and oxygen atoms in total. The molecule has 6 heteroatoms. The third-order valence-electron chi connectivity index (χ3n) is 4.25. The fraction of sp³-hybridized carbons (Fsp3) is 0.0870. The molecule has 0 unspecified atom stereocenters. The zero-order valence-electron chi connectivity index (χ0n) is 16.1. The Morgan fingerprint density at radius 2 is 1.48 bits per heavy atom. The van der Waals surface area contributed by atoms with Gasteiger partial charge in [0.15, 0.2) is 0 Å². The smallest absolute Gasteiger partial charge is 0.273 e. The van der Waals surface area contributed by atoms with Crippen molar-refractivity contribution in [3.05, 3.63) is 99.0 Å². The van der Waals surface area contributed by atoms with Crippen molar-refractivity contribution in [3.8, 4) is 0 Å². The van der Waals surface area contributed by atoms with Gasteiger partial charge in [-0.2, -0.15) is 5.10 Å². The maximum Gasteiger partial charge on any atom is 0.273 e. The summed E-state index contributed by atoms with van der Waals surface area (Å²) >= 11 is 3.36. The first kappa shape index (κ1) is 20.5. The molecule has 0 aliphatic rings. The third kappa shape index (κ3) is 5.62. The summed E-state index contributed by atoms with van der Waals surface area (Å²) in [6.07, 6.45) is 1.57.